The Morgan fingerprint density at radius 2 is 1.47 bits per heavy atom. The molecule has 5 nitrogen and oxygen atoms in total. The van der Waals surface area contributed by atoms with Crippen molar-refractivity contribution in [3.05, 3.63) is 0 Å². The minimum absolute atomic E-state index is 0. The molecule has 15 heavy (non-hydrogen) atoms. The Balaban J connectivity index is 0. The third-order valence-electron chi connectivity index (χ3n) is 1.71. The van der Waals surface area contributed by atoms with Crippen LogP contribution in [-0.4, -0.2) is 51.7 Å². The van der Waals surface area contributed by atoms with Crippen LogP contribution in [0.25, 0.3) is 0 Å². The Kier molecular flexibility index (Phi) is 6.70. The maximum absolute atomic E-state index is 11.2. The quantitative estimate of drug-likeness (QED) is 0.497. The fourth-order valence-electron chi connectivity index (χ4n) is 1.12. The van der Waals surface area contributed by atoms with Gasteiger partial charge < -0.3 is 9.84 Å². The van der Waals surface area contributed by atoms with Gasteiger partial charge in [0.1, 0.15) is 0 Å². The molecule has 0 radical (unpaired) electrons. The summed E-state index contributed by atoms with van der Waals surface area (Å²) in [4.78, 5) is 33.2. The molecule has 0 spiro atoms. The first-order chi connectivity index (χ1) is 6.25. The van der Waals surface area contributed by atoms with Crippen LogP contribution in [0.2, 0.25) is 0 Å². The van der Waals surface area contributed by atoms with E-state index in [1.165, 1.54) is 0 Å². The molecule has 0 aromatic heterocycles. The Bertz CT molecular complexity index is 236. The third-order valence-corrected chi connectivity index (χ3v) is 1.71. The fraction of sp³-hybridized carbons (Fsp3) is 0.667. The van der Waals surface area contributed by atoms with Crippen LogP contribution in [0.5, 0.6) is 0 Å². The summed E-state index contributed by atoms with van der Waals surface area (Å²) >= 11 is 0. The number of ether oxygens (including phenoxy) is 1. The van der Waals surface area contributed by atoms with Crippen molar-refractivity contribution in [3.63, 3.8) is 0 Å². The molecule has 0 saturated carbocycles. The van der Waals surface area contributed by atoms with Crippen LogP contribution in [-0.2, 0) is 19.1 Å². The number of ketones is 2. The number of rotatable bonds is 5. The van der Waals surface area contributed by atoms with E-state index in [0.29, 0.717) is 0 Å². The molecule has 0 saturated heterocycles. The number of Topliss-reactive ketones (excluding diaryl/α,β-unsaturated/α-hetero) is 2. The second-order valence-electron chi connectivity index (χ2n) is 3.27. The van der Waals surface area contributed by atoms with Crippen molar-refractivity contribution in [1.29, 1.82) is 0 Å². The molecule has 0 aromatic carbocycles. The summed E-state index contributed by atoms with van der Waals surface area (Å²) in [7, 11) is 0. The van der Waals surface area contributed by atoms with Gasteiger partial charge >= 0.3 is 5.97 Å². The van der Waals surface area contributed by atoms with Gasteiger partial charge in [-0.2, -0.15) is 0 Å². The number of carbonyl (C=O) groups is 3. The first-order valence-electron chi connectivity index (χ1n) is 4.18. The highest BCUT2D eigenvalue weighted by molar-refractivity contribution is 6.24. The number of hydrogen-bond acceptors (Lipinski definition) is 4. The van der Waals surface area contributed by atoms with Gasteiger partial charge in [0.15, 0.2) is 28.9 Å². The molecule has 6 heteroatoms. The highest BCUT2D eigenvalue weighted by Gasteiger charge is 2.50. The van der Waals surface area contributed by atoms with Gasteiger partial charge in [-0.3, -0.25) is 9.59 Å². The van der Waals surface area contributed by atoms with E-state index in [-0.39, 0.29) is 17.4 Å². The summed E-state index contributed by atoms with van der Waals surface area (Å²) in [6.45, 7) is 5.17. The Morgan fingerprint density at radius 1 is 1.13 bits per heavy atom. The van der Waals surface area contributed by atoms with Crippen LogP contribution in [0.15, 0.2) is 0 Å². The maximum Gasteiger partial charge on any atom is 0.351 e. The zero-order chi connectivity index (χ0) is 11.5. The number of carbonyl (C=O) groups excluding carboxylic acids is 2. The second kappa shape index (κ2) is 6.01. The van der Waals surface area contributed by atoms with E-state index in [1.807, 2.05) is 0 Å². The average Bonchev–Trinajstić information content (AvgIpc) is 1.97. The molecule has 86 valence electrons. The zero-order valence-corrected chi connectivity index (χ0v) is 8.66. The van der Waals surface area contributed by atoms with E-state index in [2.05, 4.69) is 0 Å². The Hall–Kier alpha value is -0.698. The molecule has 0 aliphatic carbocycles. The van der Waals surface area contributed by atoms with E-state index in [1.54, 1.807) is 13.8 Å². The van der Waals surface area contributed by atoms with Crippen molar-refractivity contribution < 1.29 is 24.2 Å². The third kappa shape index (κ3) is 3.42. The molecule has 0 unspecified atom stereocenters. The van der Waals surface area contributed by atoms with Crippen LogP contribution in [0.4, 0.5) is 0 Å². The van der Waals surface area contributed by atoms with Crippen LogP contribution >= 0.6 is 0 Å². The van der Waals surface area contributed by atoms with Crippen molar-refractivity contribution in [1.82, 2.24) is 0 Å². The molecule has 0 fully saturated rings. The van der Waals surface area contributed by atoms with Crippen molar-refractivity contribution >= 4 is 34.9 Å². The van der Waals surface area contributed by atoms with Crippen molar-refractivity contribution in [2.45, 2.75) is 39.4 Å². The van der Waals surface area contributed by atoms with E-state index in [0.717, 1.165) is 13.8 Å². The zero-order valence-electron chi connectivity index (χ0n) is 8.66. The second-order valence-corrected chi connectivity index (χ2v) is 3.27. The van der Waals surface area contributed by atoms with E-state index < -0.39 is 29.2 Å². The lowest BCUT2D eigenvalue weighted by Gasteiger charge is -2.26. The number of hydrogen-bond donors (Lipinski definition) is 1. The van der Waals surface area contributed by atoms with Gasteiger partial charge in [-0.25, -0.2) is 4.79 Å². The van der Waals surface area contributed by atoms with Gasteiger partial charge in [0, 0.05) is 0 Å². The van der Waals surface area contributed by atoms with Gasteiger partial charge in [-0.15, -0.1) is 0 Å². The lowest BCUT2D eigenvalue weighted by molar-refractivity contribution is -0.180. The minimum Gasteiger partial charge on any atom is -0.478 e. The first kappa shape index (κ1) is 16.7. The van der Waals surface area contributed by atoms with Gasteiger partial charge in [0.05, 0.1) is 6.10 Å². The molecule has 0 rings (SSSR count). The van der Waals surface area contributed by atoms with E-state index in [9.17, 15) is 14.4 Å². The molecule has 0 amide bonds. The Labute approximate surface area is 98.9 Å². The largest absolute Gasteiger partial charge is 0.478 e. The molecule has 0 bridgehead atoms. The molecule has 0 aliphatic heterocycles. The molecular formula is C9H17AlO5. The van der Waals surface area contributed by atoms with E-state index in [4.69, 9.17) is 9.84 Å². The van der Waals surface area contributed by atoms with Crippen molar-refractivity contribution in [2.24, 2.45) is 0 Å². The predicted molar refractivity (Wildman–Crippen MR) is 57.9 cm³/mol. The summed E-state index contributed by atoms with van der Waals surface area (Å²) in [5, 5.41) is 8.85. The lowest BCUT2D eigenvalue weighted by Crippen LogP contribution is -2.55. The van der Waals surface area contributed by atoms with Crippen LogP contribution in [0.3, 0.4) is 0 Å². The molecule has 1 N–H and O–H groups in total. The molecule has 0 heterocycles. The van der Waals surface area contributed by atoms with E-state index >= 15 is 0 Å². The highest BCUT2D eigenvalue weighted by Crippen LogP contribution is 2.17. The number of aliphatic carboxylic acids is 1. The predicted octanol–water partition coefficient (Wildman–Crippen LogP) is -0.771. The van der Waals surface area contributed by atoms with Gasteiger partial charge in [-0.1, -0.05) is 0 Å². The number of carboxylic acids is 1. The topological polar surface area (TPSA) is 80.7 Å². The highest BCUT2D eigenvalue weighted by atomic mass is 27.0. The summed E-state index contributed by atoms with van der Waals surface area (Å²) < 4.78 is 4.92. The summed E-state index contributed by atoms with van der Waals surface area (Å²) in [6, 6.07) is 0. The molecule has 0 atom stereocenters. The summed E-state index contributed by atoms with van der Waals surface area (Å²) in [5.74, 6) is -3.19. The lowest BCUT2D eigenvalue weighted by atomic mass is 9.94. The van der Waals surface area contributed by atoms with Crippen molar-refractivity contribution in [2.75, 3.05) is 0 Å². The van der Waals surface area contributed by atoms with Crippen LogP contribution in [0.1, 0.15) is 27.7 Å². The summed E-state index contributed by atoms with van der Waals surface area (Å²) in [6.07, 6.45) is -0.515. The van der Waals surface area contributed by atoms with Gasteiger partial charge in [0.25, 0.3) is 5.60 Å². The smallest absolute Gasteiger partial charge is 0.351 e. The Morgan fingerprint density at radius 3 is 1.53 bits per heavy atom. The van der Waals surface area contributed by atoms with Gasteiger partial charge in [0.2, 0.25) is 0 Å². The SMILES string of the molecule is CC(=O)C(OC(C)C)(C(C)=O)C(=O)O.[AlH3]. The first-order valence-corrected chi connectivity index (χ1v) is 4.18. The molecular weight excluding hydrogens is 215 g/mol. The van der Waals surface area contributed by atoms with Crippen LogP contribution < -0.4 is 0 Å². The minimum atomic E-state index is -2.34. The van der Waals surface area contributed by atoms with Crippen LogP contribution in [0, 0.1) is 0 Å². The molecule has 0 aliphatic rings. The monoisotopic (exact) mass is 232 g/mol. The normalized spacial score (nSPS) is 10.7. The number of carboxylic acid groups (broad SMARTS) is 1. The van der Waals surface area contributed by atoms with Crippen molar-refractivity contribution in [3.8, 4) is 0 Å². The molecule has 0 aromatic rings. The average molecular weight is 232 g/mol. The maximum atomic E-state index is 11.2. The van der Waals surface area contributed by atoms with Gasteiger partial charge in [-0.05, 0) is 27.7 Å². The standard InChI is InChI=1S/C9H14O5.Al.3H/c1-5(2)14-9(6(3)10,7(4)11)8(12)13;;;;/h5H,1-4H3,(H,12,13);;;;. The summed E-state index contributed by atoms with van der Waals surface area (Å²) in [5.41, 5.74) is -2.34. The fourth-order valence-corrected chi connectivity index (χ4v) is 1.12.